The predicted molar refractivity (Wildman–Crippen MR) is 66.6 cm³/mol. The van der Waals surface area contributed by atoms with Gasteiger partial charge >= 0.3 is 0 Å². The second kappa shape index (κ2) is 4.09. The lowest BCUT2D eigenvalue weighted by molar-refractivity contribution is 0.471. The minimum atomic E-state index is 0.279. The highest BCUT2D eigenvalue weighted by molar-refractivity contribution is 7.98. The maximum absolute atomic E-state index is 9.71. The van der Waals surface area contributed by atoms with Crippen LogP contribution in [-0.2, 0) is 0 Å². The molecule has 0 unspecified atom stereocenters. The topological polar surface area (TPSA) is 74.9 Å². The highest BCUT2D eigenvalue weighted by Gasteiger charge is 2.10. The first-order chi connectivity index (χ1) is 7.61. The van der Waals surface area contributed by atoms with Gasteiger partial charge in [0.1, 0.15) is 11.6 Å². The van der Waals surface area contributed by atoms with Gasteiger partial charge in [0.05, 0.1) is 5.69 Å². The van der Waals surface area contributed by atoms with Gasteiger partial charge in [-0.1, -0.05) is 0 Å². The Hall–Kier alpha value is -1.62. The van der Waals surface area contributed by atoms with Crippen LogP contribution in [0.1, 0.15) is 5.56 Å². The zero-order valence-corrected chi connectivity index (χ0v) is 9.93. The second-order valence-corrected chi connectivity index (χ2v) is 4.39. The third kappa shape index (κ3) is 1.86. The molecule has 4 nitrogen and oxygen atoms in total. The number of anilines is 1. The fourth-order valence-corrected chi connectivity index (χ4v) is 2.21. The monoisotopic (exact) mass is 235 g/mol. The minimum absolute atomic E-state index is 0.279. The Bertz CT molecular complexity index is 522. The van der Waals surface area contributed by atoms with E-state index in [0.29, 0.717) is 5.82 Å². The van der Waals surface area contributed by atoms with Crippen LogP contribution in [0, 0.1) is 6.92 Å². The number of rotatable bonds is 2. The van der Waals surface area contributed by atoms with Crippen molar-refractivity contribution in [2.45, 2.75) is 11.8 Å². The summed E-state index contributed by atoms with van der Waals surface area (Å²) in [7, 11) is 0. The number of nitrogen functional groups attached to an aromatic ring is 1. The third-order valence-electron chi connectivity index (χ3n) is 2.41. The Kier molecular flexibility index (Phi) is 2.78. The Morgan fingerprint density at radius 3 is 2.69 bits per heavy atom. The molecule has 1 aromatic heterocycles. The zero-order valence-electron chi connectivity index (χ0n) is 9.11. The SMILES string of the molecule is CSc1cc(C)c(O)cc1-c1cc(N)n[nH]1. The molecule has 0 spiro atoms. The number of aromatic nitrogens is 2. The van der Waals surface area contributed by atoms with E-state index in [0.717, 1.165) is 21.7 Å². The maximum atomic E-state index is 9.71. The number of nitrogens with two attached hydrogens (primary N) is 1. The smallest absolute Gasteiger partial charge is 0.145 e. The Balaban J connectivity index is 2.59. The summed E-state index contributed by atoms with van der Waals surface area (Å²) >= 11 is 1.62. The van der Waals surface area contributed by atoms with Crippen molar-refractivity contribution in [2.75, 3.05) is 12.0 Å². The fourth-order valence-electron chi connectivity index (χ4n) is 1.52. The van der Waals surface area contributed by atoms with Crippen LogP contribution < -0.4 is 5.73 Å². The average molecular weight is 235 g/mol. The van der Waals surface area contributed by atoms with Crippen LogP contribution in [0.5, 0.6) is 5.75 Å². The first-order valence-corrected chi connectivity index (χ1v) is 6.03. The number of nitrogens with zero attached hydrogens (tertiary/aromatic N) is 1. The summed E-state index contributed by atoms with van der Waals surface area (Å²) in [5, 5.41) is 16.4. The molecule has 84 valence electrons. The van der Waals surface area contributed by atoms with E-state index in [1.807, 2.05) is 19.2 Å². The van der Waals surface area contributed by atoms with E-state index in [1.54, 1.807) is 23.9 Å². The molecule has 2 rings (SSSR count). The van der Waals surface area contributed by atoms with Crippen molar-refractivity contribution in [2.24, 2.45) is 0 Å². The third-order valence-corrected chi connectivity index (χ3v) is 3.18. The molecule has 0 bridgehead atoms. The van der Waals surface area contributed by atoms with Crippen LogP contribution in [0.3, 0.4) is 0 Å². The lowest BCUT2D eigenvalue weighted by Gasteiger charge is -2.08. The van der Waals surface area contributed by atoms with Crippen molar-refractivity contribution >= 4 is 17.6 Å². The summed E-state index contributed by atoms with van der Waals surface area (Å²) in [6.07, 6.45) is 2.00. The van der Waals surface area contributed by atoms with Crippen LogP contribution in [0.4, 0.5) is 5.82 Å². The number of thioether (sulfide) groups is 1. The number of H-pyrrole nitrogens is 1. The molecular formula is C11H13N3OS. The quantitative estimate of drug-likeness (QED) is 0.699. The minimum Gasteiger partial charge on any atom is -0.508 e. The number of phenols is 1. The molecule has 16 heavy (non-hydrogen) atoms. The first-order valence-electron chi connectivity index (χ1n) is 4.80. The summed E-state index contributed by atoms with van der Waals surface area (Å²) in [5.74, 6) is 0.725. The van der Waals surface area contributed by atoms with E-state index in [4.69, 9.17) is 5.73 Å². The van der Waals surface area contributed by atoms with Gasteiger partial charge in [0.2, 0.25) is 0 Å². The highest BCUT2D eigenvalue weighted by Crippen LogP contribution is 2.34. The van der Waals surface area contributed by atoms with Gasteiger partial charge in [0.15, 0.2) is 0 Å². The molecular weight excluding hydrogens is 222 g/mol. The molecule has 2 aromatic rings. The number of aromatic amines is 1. The lowest BCUT2D eigenvalue weighted by atomic mass is 10.1. The molecule has 0 aliphatic carbocycles. The first kappa shape index (κ1) is 10.9. The molecule has 0 atom stereocenters. The maximum Gasteiger partial charge on any atom is 0.145 e. The number of benzene rings is 1. The molecule has 0 aliphatic rings. The molecule has 4 N–H and O–H groups in total. The Morgan fingerprint density at radius 2 is 2.12 bits per heavy atom. The van der Waals surface area contributed by atoms with E-state index < -0.39 is 0 Å². The van der Waals surface area contributed by atoms with Crippen molar-refractivity contribution in [3.05, 3.63) is 23.8 Å². The number of hydrogen-bond acceptors (Lipinski definition) is 4. The lowest BCUT2D eigenvalue weighted by Crippen LogP contribution is -1.85. The summed E-state index contributed by atoms with van der Waals surface area (Å²) in [5.41, 5.74) is 8.16. The summed E-state index contributed by atoms with van der Waals surface area (Å²) in [6, 6.07) is 5.43. The normalized spacial score (nSPS) is 10.6. The molecule has 0 radical (unpaired) electrons. The van der Waals surface area contributed by atoms with E-state index >= 15 is 0 Å². The van der Waals surface area contributed by atoms with E-state index in [2.05, 4.69) is 10.2 Å². The van der Waals surface area contributed by atoms with E-state index in [9.17, 15) is 5.11 Å². The van der Waals surface area contributed by atoms with Crippen LogP contribution in [0.2, 0.25) is 0 Å². The summed E-state index contributed by atoms with van der Waals surface area (Å²) < 4.78 is 0. The average Bonchev–Trinajstić information content (AvgIpc) is 2.68. The molecule has 0 fully saturated rings. The summed E-state index contributed by atoms with van der Waals surface area (Å²) in [4.78, 5) is 1.08. The van der Waals surface area contributed by atoms with Crippen molar-refractivity contribution in [3.63, 3.8) is 0 Å². The highest BCUT2D eigenvalue weighted by atomic mass is 32.2. The van der Waals surface area contributed by atoms with Crippen molar-refractivity contribution < 1.29 is 5.11 Å². The molecule has 1 aromatic carbocycles. The molecule has 5 heteroatoms. The van der Waals surface area contributed by atoms with Crippen LogP contribution in [-0.4, -0.2) is 21.6 Å². The zero-order chi connectivity index (χ0) is 11.7. The largest absolute Gasteiger partial charge is 0.508 e. The standard InChI is InChI=1S/C11H13N3OS/c1-6-3-10(16-2)7(4-9(6)15)8-5-11(12)14-13-8/h3-5,15H,1-2H3,(H3,12,13,14). The van der Waals surface area contributed by atoms with Gasteiger partial charge in [-0.3, -0.25) is 5.10 Å². The van der Waals surface area contributed by atoms with Crippen LogP contribution in [0.15, 0.2) is 23.1 Å². The van der Waals surface area contributed by atoms with Gasteiger partial charge in [0, 0.05) is 16.5 Å². The van der Waals surface area contributed by atoms with Gasteiger partial charge in [-0.05, 0) is 30.9 Å². The second-order valence-electron chi connectivity index (χ2n) is 3.55. The molecule has 1 heterocycles. The molecule has 0 amide bonds. The number of hydrogen-bond donors (Lipinski definition) is 3. The van der Waals surface area contributed by atoms with Gasteiger partial charge in [0.25, 0.3) is 0 Å². The van der Waals surface area contributed by atoms with Gasteiger partial charge in [-0.15, -0.1) is 11.8 Å². The number of nitrogens with one attached hydrogen (secondary N) is 1. The number of phenolic OH excluding ortho intramolecular Hbond substituents is 1. The van der Waals surface area contributed by atoms with Gasteiger partial charge in [-0.25, -0.2) is 0 Å². The molecule has 0 saturated heterocycles. The predicted octanol–water partition coefficient (Wildman–Crippen LogP) is 2.39. The Morgan fingerprint density at radius 1 is 1.38 bits per heavy atom. The van der Waals surface area contributed by atoms with Crippen molar-refractivity contribution in [1.29, 1.82) is 0 Å². The van der Waals surface area contributed by atoms with E-state index in [1.165, 1.54) is 0 Å². The van der Waals surface area contributed by atoms with Gasteiger partial charge < -0.3 is 10.8 Å². The number of aryl methyl sites for hydroxylation is 1. The summed E-state index contributed by atoms with van der Waals surface area (Å²) in [6.45, 7) is 1.88. The van der Waals surface area contributed by atoms with E-state index in [-0.39, 0.29) is 5.75 Å². The number of aromatic hydroxyl groups is 1. The van der Waals surface area contributed by atoms with Crippen LogP contribution in [0.25, 0.3) is 11.3 Å². The molecule has 0 saturated carbocycles. The van der Waals surface area contributed by atoms with Gasteiger partial charge in [-0.2, -0.15) is 5.10 Å². The van der Waals surface area contributed by atoms with Crippen molar-refractivity contribution in [3.8, 4) is 17.0 Å². The fraction of sp³-hybridized carbons (Fsp3) is 0.182. The molecule has 0 aliphatic heterocycles. The Labute approximate surface area is 97.9 Å². The van der Waals surface area contributed by atoms with Crippen LogP contribution >= 0.6 is 11.8 Å². The van der Waals surface area contributed by atoms with Crippen molar-refractivity contribution in [1.82, 2.24) is 10.2 Å².